The summed E-state index contributed by atoms with van der Waals surface area (Å²) >= 11 is 5.97. The van der Waals surface area contributed by atoms with Gasteiger partial charge in [0.2, 0.25) is 0 Å². The van der Waals surface area contributed by atoms with Crippen LogP contribution < -0.4 is 5.73 Å². The van der Waals surface area contributed by atoms with Gasteiger partial charge in [-0.1, -0.05) is 56.8 Å². The first kappa shape index (κ1) is 25.8. The normalized spacial score (nSPS) is 21.2. The summed E-state index contributed by atoms with van der Waals surface area (Å²) in [6, 6.07) is 14.7. The third kappa shape index (κ3) is 5.29. The van der Waals surface area contributed by atoms with Gasteiger partial charge in [-0.05, 0) is 69.0 Å². The highest BCUT2D eigenvalue weighted by Crippen LogP contribution is 2.41. The standard InChI is InChI=1S/C25H28ClN3O4S2/c1-17-3-9-21(10-4-17)34(30,31)29(35(32,33)22-11-5-18(2)6-12-22)24-13-8-20(27)15-23(24)19-7-14-25(26)28-16-19/h3-7,9-12,14,16,20,23-24H,8,13,15,27H2,1-2H3. The maximum absolute atomic E-state index is 14.0. The molecule has 1 aliphatic carbocycles. The summed E-state index contributed by atoms with van der Waals surface area (Å²) in [5, 5.41) is 0.293. The fourth-order valence-electron chi connectivity index (χ4n) is 4.52. The molecule has 1 aromatic heterocycles. The number of hydrogen-bond acceptors (Lipinski definition) is 6. The zero-order valence-electron chi connectivity index (χ0n) is 19.5. The van der Waals surface area contributed by atoms with Crippen LogP contribution in [0.5, 0.6) is 0 Å². The highest BCUT2D eigenvalue weighted by molar-refractivity contribution is 8.04. The summed E-state index contributed by atoms with van der Waals surface area (Å²) in [5.41, 5.74) is 8.69. The number of nitrogens with two attached hydrogens (primary N) is 1. The van der Waals surface area contributed by atoms with E-state index in [9.17, 15) is 16.8 Å². The van der Waals surface area contributed by atoms with Crippen molar-refractivity contribution in [2.75, 3.05) is 0 Å². The molecule has 1 fully saturated rings. The fraction of sp³-hybridized carbons (Fsp3) is 0.320. The Morgan fingerprint density at radius 1 is 0.829 bits per heavy atom. The molecule has 0 amide bonds. The van der Waals surface area contributed by atoms with Gasteiger partial charge in [0, 0.05) is 24.2 Å². The first-order valence-electron chi connectivity index (χ1n) is 11.3. The molecule has 0 spiro atoms. The van der Waals surface area contributed by atoms with Crippen LogP contribution in [-0.4, -0.2) is 37.6 Å². The summed E-state index contributed by atoms with van der Waals surface area (Å²) < 4.78 is 56.8. The molecule has 2 N–H and O–H groups in total. The van der Waals surface area contributed by atoms with Gasteiger partial charge in [0.25, 0.3) is 20.0 Å². The quantitative estimate of drug-likeness (QED) is 0.470. The van der Waals surface area contributed by atoms with E-state index < -0.39 is 32.0 Å². The van der Waals surface area contributed by atoms with Crippen LogP contribution in [-0.2, 0) is 20.0 Å². The molecule has 3 unspecified atom stereocenters. The lowest BCUT2D eigenvalue weighted by molar-refractivity contribution is 0.268. The Labute approximate surface area is 212 Å². The summed E-state index contributed by atoms with van der Waals surface area (Å²) in [7, 11) is -8.88. The average Bonchev–Trinajstić information content (AvgIpc) is 2.81. The van der Waals surface area contributed by atoms with Gasteiger partial charge in [-0.2, -0.15) is 0 Å². The van der Waals surface area contributed by atoms with Crippen LogP contribution in [0.2, 0.25) is 5.15 Å². The number of pyridine rings is 1. The Bertz CT molecular complexity index is 1320. The van der Waals surface area contributed by atoms with E-state index in [1.165, 1.54) is 24.3 Å². The van der Waals surface area contributed by atoms with Crippen LogP contribution in [0.1, 0.15) is 41.9 Å². The highest BCUT2D eigenvalue weighted by atomic mass is 35.5. The minimum Gasteiger partial charge on any atom is -0.328 e. The lowest BCUT2D eigenvalue weighted by Crippen LogP contribution is -2.50. The predicted octanol–water partition coefficient (Wildman–Crippen LogP) is 4.40. The van der Waals surface area contributed by atoms with Crippen LogP contribution in [0.25, 0.3) is 0 Å². The first-order chi connectivity index (χ1) is 16.5. The molecule has 10 heteroatoms. The zero-order chi connectivity index (χ0) is 25.4. The van der Waals surface area contributed by atoms with Crippen LogP contribution in [0.15, 0.2) is 76.7 Å². The Balaban J connectivity index is 1.91. The van der Waals surface area contributed by atoms with Gasteiger partial charge < -0.3 is 5.73 Å². The van der Waals surface area contributed by atoms with Crippen LogP contribution in [0.3, 0.4) is 0 Å². The number of sulfonamides is 2. The molecule has 1 aliphatic rings. The molecule has 3 atom stereocenters. The maximum atomic E-state index is 14.0. The van der Waals surface area contributed by atoms with Crippen molar-refractivity contribution in [3.05, 3.63) is 88.7 Å². The number of aryl methyl sites for hydroxylation is 2. The molecule has 0 bridgehead atoms. The monoisotopic (exact) mass is 533 g/mol. The fourth-order valence-corrected chi connectivity index (χ4v) is 8.77. The second-order valence-corrected chi connectivity index (χ2v) is 13.3. The van der Waals surface area contributed by atoms with E-state index in [4.69, 9.17) is 17.3 Å². The molecule has 1 saturated carbocycles. The van der Waals surface area contributed by atoms with Crippen LogP contribution in [0.4, 0.5) is 0 Å². The molecular formula is C25H28ClN3O4S2. The molecule has 3 aromatic rings. The molecule has 7 nitrogen and oxygen atoms in total. The number of benzene rings is 2. The van der Waals surface area contributed by atoms with E-state index in [1.807, 2.05) is 13.8 Å². The smallest absolute Gasteiger partial charge is 0.256 e. The van der Waals surface area contributed by atoms with E-state index in [0.717, 1.165) is 11.1 Å². The third-order valence-electron chi connectivity index (χ3n) is 6.42. The van der Waals surface area contributed by atoms with Crippen LogP contribution >= 0.6 is 11.6 Å². The van der Waals surface area contributed by atoms with Gasteiger partial charge in [-0.3, -0.25) is 0 Å². The van der Waals surface area contributed by atoms with Crippen molar-refractivity contribution >= 4 is 31.6 Å². The minimum atomic E-state index is -4.44. The van der Waals surface area contributed by atoms with Crippen molar-refractivity contribution in [3.8, 4) is 0 Å². The molecule has 186 valence electrons. The summed E-state index contributed by atoms with van der Waals surface area (Å²) in [5.74, 6) is -0.482. The Hall–Kier alpha value is -2.30. The lowest BCUT2D eigenvalue weighted by Gasteiger charge is -2.40. The van der Waals surface area contributed by atoms with E-state index in [2.05, 4.69) is 4.98 Å². The Kier molecular flexibility index (Phi) is 7.36. The van der Waals surface area contributed by atoms with Gasteiger partial charge in [-0.15, -0.1) is 0 Å². The number of hydrogen-bond donors (Lipinski definition) is 1. The van der Waals surface area contributed by atoms with Crippen molar-refractivity contribution in [3.63, 3.8) is 0 Å². The van der Waals surface area contributed by atoms with Crippen molar-refractivity contribution < 1.29 is 16.8 Å². The molecule has 0 radical (unpaired) electrons. The van der Waals surface area contributed by atoms with Crippen molar-refractivity contribution in [2.24, 2.45) is 5.73 Å². The topological polar surface area (TPSA) is 110 Å². The predicted molar refractivity (Wildman–Crippen MR) is 136 cm³/mol. The van der Waals surface area contributed by atoms with E-state index >= 15 is 0 Å². The summed E-state index contributed by atoms with van der Waals surface area (Å²) in [6.45, 7) is 3.67. The van der Waals surface area contributed by atoms with Crippen LogP contribution in [0, 0.1) is 13.8 Å². The molecule has 2 aromatic carbocycles. The van der Waals surface area contributed by atoms with E-state index in [0.29, 0.717) is 27.3 Å². The minimum absolute atomic E-state index is 0.0818. The van der Waals surface area contributed by atoms with Crippen molar-refractivity contribution in [1.29, 1.82) is 0 Å². The van der Waals surface area contributed by atoms with Gasteiger partial charge in [0.1, 0.15) is 5.15 Å². The molecule has 35 heavy (non-hydrogen) atoms. The second-order valence-electron chi connectivity index (χ2n) is 9.02. The molecule has 0 aliphatic heterocycles. The maximum Gasteiger partial charge on any atom is 0.256 e. The number of halogens is 1. The molecule has 0 saturated heterocycles. The SMILES string of the molecule is Cc1ccc(S(=O)(=O)N(C2CCC(N)CC2c2ccc(Cl)nc2)S(=O)(=O)c2ccc(C)cc2)cc1. The van der Waals surface area contributed by atoms with Gasteiger partial charge in [0.15, 0.2) is 0 Å². The zero-order valence-corrected chi connectivity index (χ0v) is 21.9. The molecule has 1 heterocycles. The molecular weight excluding hydrogens is 506 g/mol. The third-order valence-corrected chi connectivity index (χ3v) is 11.0. The number of rotatable bonds is 6. The van der Waals surface area contributed by atoms with Crippen molar-refractivity contribution in [1.82, 2.24) is 8.69 Å². The van der Waals surface area contributed by atoms with E-state index in [1.54, 1.807) is 42.6 Å². The lowest BCUT2D eigenvalue weighted by atomic mass is 9.79. The average molecular weight is 534 g/mol. The van der Waals surface area contributed by atoms with E-state index in [-0.39, 0.29) is 22.3 Å². The summed E-state index contributed by atoms with van der Waals surface area (Å²) in [6.07, 6.45) is 2.75. The molecule has 4 rings (SSSR count). The van der Waals surface area contributed by atoms with Gasteiger partial charge in [-0.25, -0.2) is 21.8 Å². The Morgan fingerprint density at radius 3 is 1.80 bits per heavy atom. The number of nitrogens with zero attached hydrogens (tertiary/aromatic N) is 2. The van der Waals surface area contributed by atoms with Gasteiger partial charge >= 0.3 is 0 Å². The Morgan fingerprint density at radius 2 is 1.34 bits per heavy atom. The first-order valence-corrected chi connectivity index (χ1v) is 14.6. The highest BCUT2D eigenvalue weighted by Gasteiger charge is 2.47. The number of aromatic nitrogens is 1. The van der Waals surface area contributed by atoms with Crippen molar-refractivity contribution in [2.45, 2.75) is 60.9 Å². The largest absolute Gasteiger partial charge is 0.328 e. The second kappa shape index (κ2) is 9.99. The van der Waals surface area contributed by atoms with Gasteiger partial charge in [0.05, 0.1) is 9.79 Å². The summed E-state index contributed by atoms with van der Waals surface area (Å²) in [4.78, 5) is 3.98.